The molecule has 4 nitrogen and oxygen atoms in total. The SMILES string of the molecule is C=C(NC(/C=C(\N)c1cccc(-c2cc(-c3ccc(C4=CC(c5ccccc5)NC(c5ccccc5)=N4)cc3)c3c(c2)sc2ccccc23)c1)c1ccccc1)c1ccccc1. The molecule has 8 aromatic carbocycles. The van der Waals surface area contributed by atoms with Gasteiger partial charge >= 0.3 is 0 Å². The van der Waals surface area contributed by atoms with Crippen LogP contribution in [0.1, 0.15) is 45.5 Å². The molecule has 0 aliphatic carbocycles. The van der Waals surface area contributed by atoms with E-state index >= 15 is 0 Å². The van der Waals surface area contributed by atoms with Gasteiger partial charge in [-0.25, -0.2) is 4.99 Å². The Hall–Kier alpha value is -7.73. The Balaban J connectivity index is 1.02. The molecule has 9 aromatic rings. The number of aliphatic imine (C=N–C) groups is 1. The summed E-state index contributed by atoms with van der Waals surface area (Å²) in [6.07, 6.45) is 4.32. The first kappa shape index (κ1) is 38.5. The third kappa shape index (κ3) is 7.97. The van der Waals surface area contributed by atoms with E-state index in [2.05, 4.69) is 205 Å². The molecule has 2 unspecified atom stereocenters. The molecule has 10 rings (SSSR count). The number of nitrogens with one attached hydrogen (secondary N) is 2. The third-order valence-electron chi connectivity index (χ3n) is 11.5. The lowest BCUT2D eigenvalue weighted by molar-refractivity contribution is 0.773. The van der Waals surface area contributed by atoms with E-state index in [9.17, 15) is 0 Å². The highest BCUT2D eigenvalue weighted by molar-refractivity contribution is 7.26. The number of amidine groups is 1. The van der Waals surface area contributed by atoms with Gasteiger partial charge in [-0.15, -0.1) is 11.3 Å². The van der Waals surface area contributed by atoms with E-state index in [1.165, 1.54) is 31.3 Å². The van der Waals surface area contributed by atoms with E-state index in [-0.39, 0.29) is 12.1 Å². The Morgan fingerprint density at radius 1 is 0.597 bits per heavy atom. The zero-order valence-corrected chi connectivity index (χ0v) is 34.9. The van der Waals surface area contributed by atoms with E-state index in [1.54, 1.807) is 0 Å². The highest BCUT2D eigenvalue weighted by Gasteiger charge is 2.21. The summed E-state index contributed by atoms with van der Waals surface area (Å²) in [5.41, 5.74) is 20.4. The number of benzene rings is 8. The molecule has 4 N–H and O–H groups in total. The van der Waals surface area contributed by atoms with E-state index in [4.69, 9.17) is 10.7 Å². The Bertz CT molecular complexity index is 3130. The van der Waals surface area contributed by atoms with Crippen LogP contribution in [0.15, 0.2) is 230 Å². The number of nitrogens with zero attached hydrogens (tertiary/aromatic N) is 1. The second-order valence-electron chi connectivity index (χ2n) is 15.6. The molecule has 298 valence electrons. The van der Waals surface area contributed by atoms with Crippen molar-refractivity contribution in [3.05, 3.63) is 258 Å². The summed E-state index contributed by atoms with van der Waals surface area (Å²) in [4.78, 5) is 5.17. The van der Waals surface area contributed by atoms with Gasteiger partial charge in [-0.1, -0.05) is 189 Å². The molecule has 1 aliphatic rings. The predicted molar refractivity (Wildman–Crippen MR) is 263 cm³/mol. The van der Waals surface area contributed by atoms with Crippen molar-refractivity contribution in [3.8, 4) is 22.3 Å². The van der Waals surface area contributed by atoms with Crippen molar-refractivity contribution in [3.63, 3.8) is 0 Å². The molecule has 0 fully saturated rings. The van der Waals surface area contributed by atoms with Crippen LogP contribution in [-0.2, 0) is 0 Å². The molecule has 1 aromatic heterocycles. The Morgan fingerprint density at radius 2 is 1.23 bits per heavy atom. The highest BCUT2D eigenvalue weighted by Crippen LogP contribution is 2.43. The quantitative estimate of drug-likeness (QED) is 0.122. The predicted octanol–water partition coefficient (Wildman–Crippen LogP) is 13.8. The summed E-state index contributed by atoms with van der Waals surface area (Å²) in [7, 11) is 0. The van der Waals surface area contributed by atoms with Crippen LogP contribution in [0.3, 0.4) is 0 Å². The maximum absolute atomic E-state index is 6.99. The van der Waals surface area contributed by atoms with Gasteiger partial charge in [0.2, 0.25) is 0 Å². The molecule has 1 aliphatic heterocycles. The second-order valence-corrected chi connectivity index (χ2v) is 16.6. The summed E-state index contributed by atoms with van der Waals surface area (Å²) in [6.45, 7) is 4.36. The van der Waals surface area contributed by atoms with Gasteiger partial charge in [0, 0.05) is 37.1 Å². The van der Waals surface area contributed by atoms with Crippen LogP contribution in [0.25, 0.3) is 59.5 Å². The largest absolute Gasteiger partial charge is 0.398 e. The summed E-state index contributed by atoms with van der Waals surface area (Å²) in [5, 5.41) is 9.84. The first-order valence-electron chi connectivity index (χ1n) is 20.9. The molecule has 0 spiro atoms. The summed E-state index contributed by atoms with van der Waals surface area (Å²) < 4.78 is 2.51. The van der Waals surface area contributed by atoms with Crippen molar-refractivity contribution in [2.45, 2.75) is 12.1 Å². The van der Waals surface area contributed by atoms with Gasteiger partial charge < -0.3 is 16.4 Å². The first-order valence-corrected chi connectivity index (χ1v) is 21.7. The average Bonchev–Trinajstić information content (AvgIpc) is 3.73. The number of hydrogen-bond acceptors (Lipinski definition) is 5. The van der Waals surface area contributed by atoms with Crippen molar-refractivity contribution in [1.29, 1.82) is 0 Å². The maximum Gasteiger partial charge on any atom is 0.134 e. The van der Waals surface area contributed by atoms with Crippen molar-refractivity contribution in [1.82, 2.24) is 10.6 Å². The van der Waals surface area contributed by atoms with Crippen LogP contribution in [0.2, 0.25) is 0 Å². The molecule has 0 saturated carbocycles. The van der Waals surface area contributed by atoms with Crippen molar-refractivity contribution < 1.29 is 0 Å². The van der Waals surface area contributed by atoms with Crippen molar-refractivity contribution in [2.24, 2.45) is 10.7 Å². The Morgan fingerprint density at radius 3 is 1.98 bits per heavy atom. The lowest BCUT2D eigenvalue weighted by Gasteiger charge is -2.24. The zero-order chi connectivity index (χ0) is 41.8. The van der Waals surface area contributed by atoms with E-state index in [1.807, 2.05) is 41.7 Å². The molecule has 62 heavy (non-hydrogen) atoms. The van der Waals surface area contributed by atoms with Crippen LogP contribution in [0.4, 0.5) is 0 Å². The fourth-order valence-electron chi connectivity index (χ4n) is 8.30. The lowest BCUT2D eigenvalue weighted by atomic mass is 9.92. The van der Waals surface area contributed by atoms with E-state index < -0.39 is 0 Å². The third-order valence-corrected chi connectivity index (χ3v) is 12.6. The normalized spacial score (nSPS) is 14.5. The minimum atomic E-state index is -0.183. The van der Waals surface area contributed by atoms with E-state index in [0.717, 1.165) is 61.7 Å². The molecular formula is C57H44N4S. The minimum absolute atomic E-state index is 0.0130. The van der Waals surface area contributed by atoms with Gasteiger partial charge in [-0.3, -0.25) is 0 Å². The van der Waals surface area contributed by atoms with E-state index in [0.29, 0.717) is 5.70 Å². The summed E-state index contributed by atoms with van der Waals surface area (Å²) in [6, 6.07) is 72.1. The summed E-state index contributed by atoms with van der Waals surface area (Å²) in [5.74, 6) is 0.863. The molecule has 5 heteroatoms. The molecule has 2 heterocycles. The number of fused-ring (bicyclic) bond motifs is 3. The van der Waals surface area contributed by atoms with Crippen LogP contribution >= 0.6 is 11.3 Å². The fraction of sp³-hybridized carbons (Fsp3) is 0.0351. The molecule has 0 amide bonds. The fourth-order valence-corrected chi connectivity index (χ4v) is 9.47. The Labute approximate surface area is 366 Å². The molecule has 0 bridgehead atoms. The number of nitrogens with two attached hydrogens (primary N) is 1. The highest BCUT2D eigenvalue weighted by atomic mass is 32.1. The van der Waals surface area contributed by atoms with Gasteiger partial charge in [0.25, 0.3) is 0 Å². The van der Waals surface area contributed by atoms with Crippen LogP contribution < -0.4 is 16.4 Å². The average molecular weight is 817 g/mol. The number of thiophene rings is 1. The molecule has 0 saturated heterocycles. The minimum Gasteiger partial charge on any atom is -0.398 e. The van der Waals surface area contributed by atoms with Crippen molar-refractivity contribution >= 4 is 54.4 Å². The van der Waals surface area contributed by atoms with Gasteiger partial charge in [0.1, 0.15) is 5.84 Å². The molecule has 0 radical (unpaired) electrons. The number of rotatable bonds is 11. The molecule has 2 atom stereocenters. The van der Waals surface area contributed by atoms with Gasteiger partial charge in [0.15, 0.2) is 0 Å². The topological polar surface area (TPSA) is 62.4 Å². The van der Waals surface area contributed by atoms with Crippen LogP contribution in [0.5, 0.6) is 0 Å². The van der Waals surface area contributed by atoms with Gasteiger partial charge in [-0.05, 0) is 86.5 Å². The smallest absolute Gasteiger partial charge is 0.134 e. The monoisotopic (exact) mass is 816 g/mol. The zero-order valence-electron chi connectivity index (χ0n) is 34.1. The lowest BCUT2D eigenvalue weighted by Crippen LogP contribution is -2.31. The first-order chi connectivity index (χ1) is 30.5. The molecular weight excluding hydrogens is 773 g/mol. The van der Waals surface area contributed by atoms with Gasteiger partial charge in [-0.2, -0.15) is 0 Å². The standard InChI is InChI=1S/C57H44N4S/c1-38(39-17-6-2-7-18-39)59-51(41-19-8-3-9-20-41)36-50(58)46-26-16-25-45(33-46)47-34-49(56-48-27-14-15-28-54(48)62-55(56)35-47)40-29-31-43(32-30-40)53-37-52(42-21-10-4-11-22-42)60-57(61-53)44-23-12-5-13-24-44/h2-37,51-52,59H,1,58H2,(H,60,61)/b50-36-. The maximum atomic E-state index is 6.99. The number of hydrogen-bond donors (Lipinski definition) is 3. The van der Waals surface area contributed by atoms with Crippen molar-refractivity contribution in [2.75, 3.05) is 0 Å². The van der Waals surface area contributed by atoms with Crippen LogP contribution in [0, 0.1) is 0 Å². The summed E-state index contributed by atoms with van der Waals surface area (Å²) >= 11 is 1.84. The van der Waals surface area contributed by atoms with Crippen LogP contribution in [-0.4, -0.2) is 5.84 Å². The van der Waals surface area contributed by atoms with Gasteiger partial charge in [0.05, 0.1) is 17.8 Å². The second kappa shape index (κ2) is 17.1. The Kier molecular flexibility index (Phi) is 10.6.